The molecule has 1 N–H and O–H groups in total. The fraction of sp³-hybridized carbons (Fsp3) is 0.250. The summed E-state index contributed by atoms with van der Waals surface area (Å²) in [4.78, 5) is 19.6. The lowest BCUT2D eigenvalue weighted by molar-refractivity contribution is -0.116. The van der Waals surface area contributed by atoms with Crippen LogP contribution in [0.5, 0.6) is 0 Å². The van der Waals surface area contributed by atoms with E-state index in [0.29, 0.717) is 6.42 Å². The summed E-state index contributed by atoms with van der Waals surface area (Å²) in [6, 6.07) is 16.6. The van der Waals surface area contributed by atoms with Gasteiger partial charge in [-0.25, -0.2) is 0 Å². The van der Waals surface area contributed by atoms with Crippen LogP contribution in [0.2, 0.25) is 0 Å². The molecular formula is C24H23N3O. The van der Waals surface area contributed by atoms with Crippen molar-refractivity contribution in [2.75, 3.05) is 24.3 Å². The molecule has 1 aliphatic carbocycles. The summed E-state index contributed by atoms with van der Waals surface area (Å²) in [5, 5.41) is 4.79. The van der Waals surface area contributed by atoms with Gasteiger partial charge in [0.2, 0.25) is 0 Å². The van der Waals surface area contributed by atoms with Crippen LogP contribution in [0.1, 0.15) is 36.4 Å². The summed E-state index contributed by atoms with van der Waals surface area (Å²) < 4.78 is 0. The van der Waals surface area contributed by atoms with Gasteiger partial charge >= 0.3 is 0 Å². The largest absolute Gasteiger partial charge is 0.378 e. The van der Waals surface area contributed by atoms with Crippen molar-refractivity contribution >= 4 is 33.6 Å². The Labute approximate surface area is 164 Å². The lowest BCUT2D eigenvalue weighted by atomic mass is 9.77. The monoisotopic (exact) mass is 369 g/mol. The Morgan fingerprint density at radius 2 is 1.86 bits per heavy atom. The molecule has 0 amide bonds. The zero-order chi connectivity index (χ0) is 19.3. The molecule has 4 nitrogen and oxygen atoms in total. The molecule has 1 atom stereocenters. The van der Waals surface area contributed by atoms with Crippen LogP contribution in [0.15, 0.2) is 60.3 Å². The highest BCUT2D eigenvalue weighted by atomic mass is 16.1. The van der Waals surface area contributed by atoms with Crippen molar-refractivity contribution in [2.45, 2.75) is 25.3 Å². The Morgan fingerprint density at radius 1 is 1.04 bits per heavy atom. The zero-order valence-electron chi connectivity index (χ0n) is 16.2. The first-order chi connectivity index (χ1) is 13.6. The minimum atomic E-state index is -0.0966. The van der Waals surface area contributed by atoms with Crippen molar-refractivity contribution in [1.29, 1.82) is 0 Å². The molecule has 0 saturated carbocycles. The first kappa shape index (κ1) is 17.0. The molecule has 140 valence electrons. The maximum absolute atomic E-state index is 13.0. The van der Waals surface area contributed by atoms with Crippen LogP contribution in [0.3, 0.4) is 0 Å². The van der Waals surface area contributed by atoms with E-state index in [4.69, 9.17) is 0 Å². The van der Waals surface area contributed by atoms with E-state index in [1.165, 1.54) is 5.57 Å². The van der Waals surface area contributed by atoms with Crippen molar-refractivity contribution < 1.29 is 4.79 Å². The number of pyridine rings is 1. The number of ketones is 1. The molecule has 0 fully saturated rings. The van der Waals surface area contributed by atoms with Gasteiger partial charge in [0, 0.05) is 54.6 Å². The van der Waals surface area contributed by atoms with Crippen LogP contribution >= 0.6 is 0 Å². The molecule has 0 bridgehead atoms. The Bertz CT molecular complexity index is 1110. The second-order valence-corrected chi connectivity index (χ2v) is 7.79. The molecule has 4 heteroatoms. The highest BCUT2D eigenvalue weighted by molar-refractivity contribution is 6.12. The van der Waals surface area contributed by atoms with Crippen molar-refractivity contribution in [3.05, 3.63) is 71.4 Å². The molecule has 0 spiro atoms. The van der Waals surface area contributed by atoms with Crippen molar-refractivity contribution in [1.82, 2.24) is 4.98 Å². The Kier molecular flexibility index (Phi) is 3.93. The van der Waals surface area contributed by atoms with Gasteiger partial charge in [-0.2, -0.15) is 0 Å². The first-order valence-electron chi connectivity index (χ1n) is 9.81. The number of nitrogens with one attached hydrogen (secondary N) is 1. The van der Waals surface area contributed by atoms with Crippen LogP contribution in [0, 0.1) is 0 Å². The van der Waals surface area contributed by atoms with Crippen molar-refractivity contribution in [3.63, 3.8) is 0 Å². The van der Waals surface area contributed by atoms with Gasteiger partial charge in [-0.3, -0.25) is 9.78 Å². The third kappa shape index (κ3) is 2.60. The molecule has 0 saturated heterocycles. The number of anilines is 2. The van der Waals surface area contributed by atoms with E-state index in [-0.39, 0.29) is 11.8 Å². The molecule has 0 radical (unpaired) electrons. The number of nitrogens with zero attached hydrogens (tertiary/aromatic N) is 2. The van der Waals surface area contributed by atoms with E-state index in [9.17, 15) is 4.79 Å². The number of carbonyl (C=O) groups excluding carboxylic acids is 1. The number of fused-ring (bicyclic) bond motifs is 4. The number of hydrogen-bond acceptors (Lipinski definition) is 4. The fourth-order valence-electron chi connectivity index (χ4n) is 4.50. The molecule has 1 aromatic heterocycles. The number of hydrogen-bond donors (Lipinski definition) is 1. The predicted molar refractivity (Wildman–Crippen MR) is 115 cm³/mol. The fourth-order valence-corrected chi connectivity index (χ4v) is 4.50. The summed E-state index contributed by atoms with van der Waals surface area (Å²) >= 11 is 0. The van der Waals surface area contributed by atoms with Gasteiger partial charge in [-0.15, -0.1) is 0 Å². The van der Waals surface area contributed by atoms with Gasteiger partial charge in [0.1, 0.15) is 0 Å². The highest BCUT2D eigenvalue weighted by Gasteiger charge is 2.34. The molecular weight excluding hydrogens is 346 g/mol. The maximum Gasteiger partial charge on any atom is 0.161 e. The summed E-state index contributed by atoms with van der Waals surface area (Å²) in [5.74, 6) is 0.266. The molecule has 1 aliphatic heterocycles. The topological polar surface area (TPSA) is 45.2 Å². The normalized spacial score (nSPS) is 18.5. The van der Waals surface area contributed by atoms with Gasteiger partial charge < -0.3 is 10.2 Å². The standard InChI is InChI=1S/C24H23N3O/c1-27(2)16-10-8-15(9-11-16)24-23-18(5-3-7-21(23)28)22-17-6-4-14-25-19(17)12-13-20(22)26-24/h4,6,8-14,24,26H,3,5,7H2,1-2H3. The van der Waals surface area contributed by atoms with Crippen LogP contribution in [0.4, 0.5) is 11.4 Å². The Balaban J connectivity index is 1.71. The van der Waals surface area contributed by atoms with Crippen LogP contribution in [-0.4, -0.2) is 24.9 Å². The SMILES string of the molecule is CN(C)c1ccc(C2Nc3ccc4ncccc4c3C3=C2C(=O)CCC3)cc1. The predicted octanol–water partition coefficient (Wildman–Crippen LogP) is 4.97. The molecule has 2 aliphatic rings. The van der Waals surface area contributed by atoms with Crippen molar-refractivity contribution in [2.24, 2.45) is 0 Å². The minimum Gasteiger partial charge on any atom is -0.378 e. The number of carbonyl (C=O) groups is 1. The molecule has 28 heavy (non-hydrogen) atoms. The van der Waals surface area contributed by atoms with Crippen LogP contribution in [0.25, 0.3) is 16.5 Å². The molecule has 2 heterocycles. The average molecular weight is 369 g/mol. The van der Waals surface area contributed by atoms with E-state index in [1.54, 1.807) is 0 Å². The number of allylic oxidation sites excluding steroid dienone is 1. The van der Waals surface area contributed by atoms with Gasteiger partial charge in [0.05, 0.1) is 11.6 Å². The molecule has 3 aromatic rings. The molecule has 5 rings (SSSR count). The number of Topliss-reactive ketones (excluding diaryl/α,β-unsaturated/α-hetero) is 1. The molecule has 1 unspecified atom stereocenters. The average Bonchev–Trinajstić information content (AvgIpc) is 2.73. The first-order valence-corrected chi connectivity index (χ1v) is 9.81. The van der Waals surface area contributed by atoms with E-state index < -0.39 is 0 Å². The third-order valence-corrected chi connectivity index (χ3v) is 5.87. The second-order valence-electron chi connectivity index (χ2n) is 7.79. The molecule has 2 aromatic carbocycles. The minimum absolute atomic E-state index is 0.0966. The summed E-state index contributed by atoms with van der Waals surface area (Å²) in [6.07, 6.45) is 4.31. The quantitative estimate of drug-likeness (QED) is 0.692. The number of aromatic nitrogens is 1. The lowest BCUT2D eigenvalue weighted by Gasteiger charge is -2.35. The van der Waals surface area contributed by atoms with Gasteiger partial charge in [-0.05, 0) is 54.3 Å². The van der Waals surface area contributed by atoms with Crippen LogP contribution in [-0.2, 0) is 4.79 Å². The van der Waals surface area contributed by atoms with E-state index in [0.717, 1.165) is 51.8 Å². The van der Waals surface area contributed by atoms with E-state index in [1.807, 2.05) is 26.4 Å². The Morgan fingerprint density at radius 3 is 2.64 bits per heavy atom. The van der Waals surface area contributed by atoms with Gasteiger partial charge in [-0.1, -0.05) is 18.2 Å². The maximum atomic E-state index is 13.0. The number of benzene rings is 2. The lowest BCUT2D eigenvalue weighted by Crippen LogP contribution is -2.27. The Hall–Kier alpha value is -3.14. The smallest absolute Gasteiger partial charge is 0.161 e. The second kappa shape index (κ2) is 6.48. The van der Waals surface area contributed by atoms with E-state index >= 15 is 0 Å². The summed E-state index contributed by atoms with van der Waals surface area (Å²) in [6.45, 7) is 0. The van der Waals surface area contributed by atoms with Gasteiger partial charge in [0.15, 0.2) is 5.78 Å². The van der Waals surface area contributed by atoms with Crippen molar-refractivity contribution in [3.8, 4) is 0 Å². The number of rotatable bonds is 2. The van der Waals surface area contributed by atoms with Crippen LogP contribution < -0.4 is 10.2 Å². The third-order valence-electron chi connectivity index (χ3n) is 5.87. The van der Waals surface area contributed by atoms with E-state index in [2.05, 4.69) is 57.7 Å². The zero-order valence-corrected chi connectivity index (χ0v) is 16.2. The van der Waals surface area contributed by atoms with Gasteiger partial charge in [0.25, 0.3) is 0 Å². The summed E-state index contributed by atoms with van der Waals surface area (Å²) in [7, 11) is 4.07. The highest BCUT2D eigenvalue weighted by Crippen LogP contribution is 2.47. The summed E-state index contributed by atoms with van der Waals surface area (Å²) in [5.41, 5.74) is 7.65.